The number of nitrogens with one attached hydrogen (secondary N) is 1. The van der Waals surface area contributed by atoms with E-state index in [2.05, 4.69) is 15.4 Å². The molecule has 0 fully saturated rings. The van der Waals surface area contributed by atoms with Crippen molar-refractivity contribution in [2.75, 3.05) is 12.4 Å². The first-order valence-corrected chi connectivity index (χ1v) is 5.48. The maximum absolute atomic E-state index is 10.6. The maximum Gasteiger partial charge on any atom is 0.408 e. The van der Waals surface area contributed by atoms with E-state index in [9.17, 15) is 10.1 Å². The van der Waals surface area contributed by atoms with E-state index in [-0.39, 0.29) is 10.8 Å². The lowest BCUT2D eigenvalue weighted by molar-refractivity contribution is -0.389. The number of hydrogen-bond donors (Lipinski definition) is 1. The minimum absolute atomic E-state index is 0.0305. The highest BCUT2D eigenvalue weighted by Crippen LogP contribution is 2.21. The Bertz CT molecular complexity index is 583. The minimum Gasteiger partial charge on any atom is -0.373 e. The van der Waals surface area contributed by atoms with Crippen LogP contribution in [0.3, 0.4) is 0 Å². The number of hydrogen-bond acceptors (Lipinski definition) is 5. The van der Waals surface area contributed by atoms with Gasteiger partial charge in [-0.15, -0.1) is 0 Å². The summed E-state index contributed by atoms with van der Waals surface area (Å²) in [4.78, 5) is 14.1. The monoisotopic (exact) mass is 267 g/mol. The zero-order valence-electron chi connectivity index (χ0n) is 9.50. The Morgan fingerprint density at radius 2 is 2.39 bits per heavy atom. The summed E-state index contributed by atoms with van der Waals surface area (Å²) in [5.41, 5.74) is 0.920. The van der Waals surface area contributed by atoms with Crippen LogP contribution in [-0.4, -0.2) is 26.7 Å². The SMILES string of the molecule is CNc1cc(Cn2cc(Cl)c([N+](=O)[O-])n2)ccn1. The molecular formula is C10H10ClN5O2. The zero-order chi connectivity index (χ0) is 13.1. The maximum atomic E-state index is 10.6. The molecule has 7 nitrogen and oxygen atoms in total. The number of aromatic nitrogens is 3. The molecule has 8 heteroatoms. The summed E-state index contributed by atoms with van der Waals surface area (Å²) in [5.74, 6) is 0.389. The van der Waals surface area contributed by atoms with Gasteiger partial charge in [0.2, 0.25) is 0 Å². The van der Waals surface area contributed by atoms with Crippen molar-refractivity contribution < 1.29 is 4.92 Å². The second kappa shape index (κ2) is 5.01. The molecular weight excluding hydrogens is 258 g/mol. The summed E-state index contributed by atoms with van der Waals surface area (Å²) in [6, 6.07) is 3.64. The van der Waals surface area contributed by atoms with Crippen LogP contribution in [0.1, 0.15) is 5.56 Å². The van der Waals surface area contributed by atoms with Crippen molar-refractivity contribution in [1.29, 1.82) is 0 Å². The molecule has 0 bridgehead atoms. The molecule has 0 amide bonds. The predicted octanol–water partition coefficient (Wildman–Crippen LogP) is 1.93. The van der Waals surface area contributed by atoms with Crippen LogP contribution in [-0.2, 0) is 6.54 Å². The summed E-state index contributed by atoms with van der Waals surface area (Å²) < 4.78 is 1.43. The molecule has 0 saturated heterocycles. The van der Waals surface area contributed by atoms with Crippen LogP contribution < -0.4 is 5.32 Å². The van der Waals surface area contributed by atoms with E-state index in [0.717, 1.165) is 11.4 Å². The average Bonchev–Trinajstić information content (AvgIpc) is 2.70. The third-order valence-electron chi connectivity index (χ3n) is 2.30. The Morgan fingerprint density at radius 3 is 3.00 bits per heavy atom. The van der Waals surface area contributed by atoms with Crippen LogP contribution >= 0.6 is 11.6 Å². The Morgan fingerprint density at radius 1 is 1.61 bits per heavy atom. The second-order valence-corrected chi connectivity index (χ2v) is 3.96. The molecule has 0 spiro atoms. The van der Waals surface area contributed by atoms with Gasteiger partial charge < -0.3 is 15.4 Å². The topological polar surface area (TPSA) is 85.9 Å². The molecule has 2 aromatic heterocycles. The Labute approximate surface area is 108 Å². The van der Waals surface area contributed by atoms with Gasteiger partial charge in [0.15, 0.2) is 5.02 Å². The molecule has 94 valence electrons. The van der Waals surface area contributed by atoms with E-state index >= 15 is 0 Å². The van der Waals surface area contributed by atoms with Crippen LogP contribution in [0.25, 0.3) is 0 Å². The fraction of sp³-hybridized carbons (Fsp3) is 0.200. The van der Waals surface area contributed by atoms with Crippen molar-refractivity contribution in [2.45, 2.75) is 6.54 Å². The number of pyridine rings is 1. The molecule has 2 aromatic rings. The fourth-order valence-electron chi connectivity index (χ4n) is 1.49. The zero-order valence-corrected chi connectivity index (χ0v) is 10.3. The summed E-state index contributed by atoms with van der Waals surface area (Å²) in [6.07, 6.45) is 3.08. The molecule has 0 aliphatic heterocycles. The standard InChI is InChI=1S/C10H10ClN5O2/c1-12-9-4-7(2-3-13-9)5-15-6-8(11)10(14-15)16(17)18/h2-4,6H,5H2,1H3,(H,12,13). The fourth-order valence-corrected chi connectivity index (χ4v) is 1.71. The Balaban J connectivity index is 2.23. The number of halogens is 1. The van der Waals surface area contributed by atoms with Crippen molar-refractivity contribution in [3.05, 3.63) is 45.2 Å². The van der Waals surface area contributed by atoms with Gasteiger partial charge in [-0.1, -0.05) is 11.6 Å². The van der Waals surface area contributed by atoms with Gasteiger partial charge in [-0.05, 0) is 22.6 Å². The number of anilines is 1. The van der Waals surface area contributed by atoms with Gasteiger partial charge in [0.05, 0.1) is 17.8 Å². The smallest absolute Gasteiger partial charge is 0.373 e. The van der Waals surface area contributed by atoms with Gasteiger partial charge in [0.1, 0.15) is 5.82 Å². The first-order valence-electron chi connectivity index (χ1n) is 5.10. The molecule has 0 radical (unpaired) electrons. The summed E-state index contributed by atoms with van der Waals surface area (Å²) in [7, 11) is 1.77. The first-order chi connectivity index (χ1) is 8.60. The van der Waals surface area contributed by atoms with E-state index in [4.69, 9.17) is 11.6 Å². The third-order valence-corrected chi connectivity index (χ3v) is 2.56. The second-order valence-electron chi connectivity index (χ2n) is 3.55. The Hall–Kier alpha value is -2.15. The van der Waals surface area contributed by atoms with Crippen LogP contribution in [0.15, 0.2) is 24.5 Å². The molecule has 1 N–H and O–H groups in total. The normalized spacial score (nSPS) is 10.3. The number of nitro groups is 1. The average molecular weight is 268 g/mol. The van der Waals surface area contributed by atoms with E-state index in [0.29, 0.717) is 6.54 Å². The molecule has 18 heavy (non-hydrogen) atoms. The lowest BCUT2D eigenvalue weighted by Gasteiger charge is -2.01. The van der Waals surface area contributed by atoms with Gasteiger partial charge >= 0.3 is 5.82 Å². The van der Waals surface area contributed by atoms with Gasteiger partial charge in [-0.3, -0.25) is 0 Å². The summed E-state index contributed by atoms with van der Waals surface area (Å²) in [5, 5.41) is 17.4. The molecule has 0 aliphatic carbocycles. The lowest BCUT2D eigenvalue weighted by atomic mass is 10.2. The van der Waals surface area contributed by atoms with E-state index in [1.54, 1.807) is 13.2 Å². The Kier molecular flexibility index (Phi) is 3.42. The minimum atomic E-state index is -0.607. The highest BCUT2D eigenvalue weighted by atomic mass is 35.5. The van der Waals surface area contributed by atoms with Crippen LogP contribution in [0, 0.1) is 10.1 Å². The first kappa shape index (κ1) is 12.3. The van der Waals surface area contributed by atoms with Crippen molar-refractivity contribution in [2.24, 2.45) is 0 Å². The predicted molar refractivity (Wildman–Crippen MR) is 66.8 cm³/mol. The largest absolute Gasteiger partial charge is 0.408 e. The van der Waals surface area contributed by atoms with Crippen LogP contribution in [0.4, 0.5) is 11.6 Å². The van der Waals surface area contributed by atoms with Crippen molar-refractivity contribution in [1.82, 2.24) is 14.8 Å². The van der Waals surface area contributed by atoms with Gasteiger partial charge in [0, 0.05) is 13.2 Å². The van der Waals surface area contributed by atoms with Crippen molar-refractivity contribution in [3.63, 3.8) is 0 Å². The van der Waals surface area contributed by atoms with Gasteiger partial charge in [0.25, 0.3) is 0 Å². The van der Waals surface area contributed by atoms with E-state index in [1.807, 2.05) is 12.1 Å². The molecule has 0 saturated carbocycles. The molecule has 0 aliphatic rings. The summed E-state index contributed by atoms with van der Waals surface area (Å²) >= 11 is 5.72. The molecule has 0 aromatic carbocycles. The number of rotatable bonds is 4. The quantitative estimate of drug-likeness (QED) is 0.676. The lowest BCUT2D eigenvalue weighted by Crippen LogP contribution is -2.02. The molecule has 2 rings (SSSR count). The van der Waals surface area contributed by atoms with Crippen molar-refractivity contribution in [3.8, 4) is 0 Å². The van der Waals surface area contributed by atoms with Gasteiger partial charge in [-0.25, -0.2) is 4.98 Å². The van der Waals surface area contributed by atoms with E-state index < -0.39 is 4.92 Å². The van der Waals surface area contributed by atoms with E-state index in [1.165, 1.54) is 10.9 Å². The van der Waals surface area contributed by atoms with Crippen LogP contribution in [0.2, 0.25) is 5.02 Å². The van der Waals surface area contributed by atoms with Crippen LogP contribution in [0.5, 0.6) is 0 Å². The molecule has 0 atom stereocenters. The highest BCUT2D eigenvalue weighted by molar-refractivity contribution is 6.32. The molecule has 2 heterocycles. The highest BCUT2D eigenvalue weighted by Gasteiger charge is 2.18. The number of nitrogens with zero attached hydrogens (tertiary/aromatic N) is 4. The summed E-state index contributed by atoms with van der Waals surface area (Å²) in [6.45, 7) is 0.394. The van der Waals surface area contributed by atoms with Gasteiger partial charge in [-0.2, -0.15) is 4.68 Å². The van der Waals surface area contributed by atoms with Crippen molar-refractivity contribution >= 4 is 23.2 Å². The molecule has 0 unspecified atom stereocenters. The third kappa shape index (κ3) is 2.57.